The van der Waals surface area contributed by atoms with Crippen LogP contribution in [0.15, 0.2) is 28.7 Å². The van der Waals surface area contributed by atoms with E-state index in [-0.39, 0.29) is 0 Å². The predicted molar refractivity (Wildman–Crippen MR) is 75.2 cm³/mol. The fourth-order valence-electron chi connectivity index (χ4n) is 2.95. The van der Waals surface area contributed by atoms with E-state index in [1.54, 1.807) is 0 Å². The maximum Gasteiger partial charge on any atom is 0.226 e. The van der Waals surface area contributed by atoms with Gasteiger partial charge in [0.05, 0.1) is 6.04 Å². The Bertz CT molecular complexity index is 438. The van der Waals surface area contributed by atoms with Gasteiger partial charge in [-0.2, -0.15) is 0 Å². The molecule has 0 spiro atoms. The molecule has 18 heavy (non-hydrogen) atoms. The Balaban J connectivity index is 1.78. The SMILES string of the molecule is O=C(C1CCC1)N1CCCC1c1ccc(Br)cc1. The van der Waals surface area contributed by atoms with E-state index >= 15 is 0 Å². The maximum absolute atomic E-state index is 12.4. The lowest BCUT2D eigenvalue weighted by atomic mass is 9.84. The van der Waals surface area contributed by atoms with Crippen LogP contribution in [0.25, 0.3) is 0 Å². The smallest absolute Gasteiger partial charge is 0.226 e. The van der Waals surface area contributed by atoms with Crippen molar-refractivity contribution in [3.05, 3.63) is 34.3 Å². The molecule has 96 valence electrons. The summed E-state index contributed by atoms with van der Waals surface area (Å²) in [5.74, 6) is 0.715. The number of benzene rings is 1. The van der Waals surface area contributed by atoms with Gasteiger partial charge in [0.2, 0.25) is 5.91 Å². The van der Waals surface area contributed by atoms with E-state index < -0.39 is 0 Å². The van der Waals surface area contributed by atoms with Gasteiger partial charge in [-0.05, 0) is 43.4 Å². The van der Waals surface area contributed by atoms with Gasteiger partial charge in [0, 0.05) is 16.9 Å². The second-order valence-electron chi connectivity index (χ2n) is 5.37. The van der Waals surface area contributed by atoms with E-state index in [9.17, 15) is 4.79 Å². The van der Waals surface area contributed by atoms with Crippen molar-refractivity contribution in [1.82, 2.24) is 4.90 Å². The highest BCUT2D eigenvalue weighted by Crippen LogP contribution is 2.37. The van der Waals surface area contributed by atoms with Gasteiger partial charge in [-0.3, -0.25) is 4.79 Å². The second-order valence-corrected chi connectivity index (χ2v) is 6.28. The van der Waals surface area contributed by atoms with Crippen LogP contribution in [0.3, 0.4) is 0 Å². The standard InChI is InChI=1S/C15H18BrNO/c16-13-8-6-11(7-9-13)14-5-2-10-17(14)15(18)12-3-1-4-12/h6-9,12,14H,1-5,10H2. The third-order valence-electron chi connectivity index (χ3n) is 4.25. The fourth-order valence-corrected chi connectivity index (χ4v) is 3.22. The van der Waals surface area contributed by atoms with Crippen molar-refractivity contribution in [2.75, 3.05) is 6.54 Å². The predicted octanol–water partition coefficient (Wildman–Crippen LogP) is 3.91. The van der Waals surface area contributed by atoms with E-state index in [0.29, 0.717) is 17.9 Å². The molecule has 0 radical (unpaired) electrons. The summed E-state index contributed by atoms with van der Waals surface area (Å²) in [5.41, 5.74) is 1.28. The number of amides is 1. The van der Waals surface area contributed by atoms with Gasteiger partial charge in [-0.15, -0.1) is 0 Å². The highest BCUT2D eigenvalue weighted by Gasteiger charge is 2.35. The first-order valence-electron chi connectivity index (χ1n) is 6.81. The number of halogens is 1. The molecular weight excluding hydrogens is 290 g/mol. The molecule has 1 aromatic carbocycles. The summed E-state index contributed by atoms with van der Waals surface area (Å²) in [7, 11) is 0. The van der Waals surface area contributed by atoms with E-state index in [2.05, 4.69) is 45.1 Å². The minimum atomic E-state index is 0.311. The zero-order valence-electron chi connectivity index (χ0n) is 10.4. The van der Waals surface area contributed by atoms with Gasteiger partial charge in [0.1, 0.15) is 0 Å². The number of carbonyl (C=O) groups excluding carboxylic acids is 1. The van der Waals surface area contributed by atoms with Crippen LogP contribution in [0.4, 0.5) is 0 Å². The van der Waals surface area contributed by atoms with Gasteiger partial charge in [-0.1, -0.05) is 34.5 Å². The molecule has 2 nitrogen and oxygen atoms in total. The Labute approximate surface area is 116 Å². The zero-order valence-corrected chi connectivity index (χ0v) is 12.0. The summed E-state index contributed by atoms with van der Waals surface area (Å²) in [6.07, 6.45) is 5.68. The molecule has 1 aliphatic heterocycles. The summed E-state index contributed by atoms with van der Waals surface area (Å²) in [6, 6.07) is 8.73. The van der Waals surface area contributed by atoms with Crippen molar-refractivity contribution in [3.63, 3.8) is 0 Å². The monoisotopic (exact) mass is 307 g/mol. The molecule has 1 saturated carbocycles. The van der Waals surface area contributed by atoms with Gasteiger partial charge in [0.15, 0.2) is 0 Å². The molecule has 1 saturated heterocycles. The molecule has 1 heterocycles. The van der Waals surface area contributed by atoms with Gasteiger partial charge in [-0.25, -0.2) is 0 Å². The van der Waals surface area contributed by atoms with Crippen LogP contribution >= 0.6 is 15.9 Å². The molecule has 1 atom stereocenters. The molecule has 1 amide bonds. The van der Waals surface area contributed by atoms with Gasteiger partial charge < -0.3 is 4.90 Å². The number of hydrogen-bond acceptors (Lipinski definition) is 1. The minimum absolute atomic E-state index is 0.311. The van der Waals surface area contributed by atoms with Crippen LogP contribution in [-0.4, -0.2) is 17.4 Å². The number of nitrogens with zero attached hydrogens (tertiary/aromatic N) is 1. The Kier molecular flexibility index (Phi) is 3.42. The third-order valence-corrected chi connectivity index (χ3v) is 4.77. The first kappa shape index (κ1) is 12.2. The number of carbonyl (C=O) groups is 1. The summed E-state index contributed by atoms with van der Waals surface area (Å²) >= 11 is 3.46. The van der Waals surface area contributed by atoms with Crippen LogP contribution < -0.4 is 0 Å². The first-order valence-corrected chi connectivity index (χ1v) is 7.61. The molecule has 2 aliphatic rings. The van der Waals surface area contributed by atoms with Crippen molar-refractivity contribution in [2.45, 2.75) is 38.1 Å². The summed E-state index contributed by atoms with van der Waals surface area (Å²) in [4.78, 5) is 14.5. The lowest BCUT2D eigenvalue weighted by molar-refractivity contribution is -0.139. The van der Waals surface area contributed by atoms with Gasteiger partial charge in [0.25, 0.3) is 0 Å². The van der Waals surface area contributed by atoms with E-state index in [4.69, 9.17) is 0 Å². The fraction of sp³-hybridized carbons (Fsp3) is 0.533. The molecule has 0 N–H and O–H groups in total. The average molecular weight is 308 g/mol. The van der Waals surface area contributed by atoms with Crippen molar-refractivity contribution >= 4 is 21.8 Å². The first-order chi connectivity index (χ1) is 8.75. The van der Waals surface area contributed by atoms with Gasteiger partial charge >= 0.3 is 0 Å². The Morgan fingerprint density at radius 1 is 1.11 bits per heavy atom. The number of hydrogen-bond donors (Lipinski definition) is 0. The molecule has 2 fully saturated rings. The van der Waals surface area contributed by atoms with Crippen molar-refractivity contribution in [1.29, 1.82) is 0 Å². The maximum atomic E-state index is 12.4. The molecule has 1 aliphatic carbocycles. The number of rotatable bonds is 2. The van der Waals surface area contributed by atoms with Crippen LogP contribution in [0.1, 0.15) is 43.7 Å². The van der Waals surface area contributed by atoms with E-state index in [1.165, 1.54) is 12.0 Å². The molecule has 3 heteroatoms. The van der Waals surface area contributed by atoms with Crippen LogP contribution in [0, 0.1) is 5.92 Å². The highest BCUT2D eigenvalue weighted by molar-refractivity contribution is 9.10. The van der Waals surface area contributed by atoms with E-state index in [0.717, 1.165) is 36.7 Å². The topological polar surface area (TPSA) is 20.3 Å². The summed E-state index contributed by atoms with van der Waals surface area (Å²) in [6.45, 7) is 0.941. The minimum Gasteiger partial charge on any atom is -0.335 e. The lowest BCUT2D eigenvalue weighted by Gasteiger charge is -2.33. The molecule has 0 bridgehead atoms. The highest BCUT2D eigenvalue weighted by atomic mass is 79.9. The quantitative estimate of drug-likeness (QED) is 0.811. The molecule has 1 aromatic rings. The molecule has 1 unspecified atom stereocenters. The second kappa shape index (κ2) is 5.04. The lowest BCUT2D eigenvalue weighted by Crippen LogP contribution is -2.38. The Morgan fingerprint density at radius 2 is 1.83 bits per heavy atom. The third kappa shape index (κ3) is 2.20. The normalized spacial score (nSPS) is 24.1. The zero-order chi connectivity index (χ0) is 12.5. The summed E-state index contributed by atoms with van der Waals surface area (Å²) in [5, 5.41) is 0. The van der Waals surface area contributed by atoms with Crippen LogP contribution in [0.2, 0.25) is 0 Å². The van der Waals surface area contributed by atoms with Crippen LogP contribution in [-0.2, 0) is 4.79 Å². The summed E-state index contributed by atoms with van der Waals surface area (Å²) < 4.78 is 1.10. The number of likely N-dealkylation sites (tertiary alicyclic amines) is 1. The van der Waals surface area contributed by atoms with Crippen molar-refractivity contribution in [2.24, 2.45) is 5.92 Å². The molecular formula is C15H18BrNO. The molecule has 3 rings (SSSR count). The Morgan fingerprint density at radius 3 is 2.44 bits per heavy atom. The van der Waals surface area contributed by atoms with Crippen molar-refractivity contribution < 1.29 is 4.79 Å². The average Bonchev–Trinajstić information content (AvgIpc) is 2.76. The van der Waals surface area contributed by atoms with Crippen molar-refractivity contribution in [3.8, 4) is 0 Å². The molecule has 0 aromatic heterocycles. The van der Waals surface area contributed by atoms with Crippen LogP contribution in [0.5, 0.6) is 0 Å². The van der Waals surface area contributed by atoms with E-state index in [1.807, 2.05) is 0 Å². The largest absolute Gasteiger partial charge is 0.335 e. The Hall–Kier alpha value is -0.830.